The van der Waals surface area contributed by atoms with Crippen molar-refractivity contribution in [1.29, 1.82) is 0 Å². The van der Waals surface area contributed by atoms with Crippen molar-refractivity contribution in [2.45, 2.75) is 0 Å². The molecule has 2 aromatic rings. The zero-order chi connectivity index (χ0) is 14.7. The topological polar surface area (TPSA) is 82.6 Å². The number of furan rings is 1. The molecule has 1 heterocycles. The van der Waals surface area contributed by atoms with Crippen molar-refractivity contribution in [1.82, 2.24) is 0 Å². The highest BCUT2D eigenvalue weighted by molar-refractivity contribution is 9.10. The van der Waals surface area contributed by atoms with Crippen molar-refractivity contribution in [3.8, 4) is 5.75 Å². The van der Waals surface area contributed by atoms with E-state index >= 15 is 0 Å². The van der Waals surface area contributed by atoms with Gasteiger partial charge in [-0.1, -0.05) is 0 Å². The van der Waals surface area contributed by atoms with Gasteiger partial charge >= 0.3 is 5.69 Å². The van der Waals surface area contributed by atoms with E-state index in [0.29, 0.717) is 0 Å². The van der Waals surface area contributed by atoms with E-state index in [-0.39, 0.29) is 16.0 Å². The van der Waals surface area contributed by atoms with Crippen LogP contribution in [0, 0.1) is 15.9 Å². The molecule has 0 radical (unpaired) electrons. The average molecular weight is 344 g/mol. The van der Waals surface area contributed by atoms with Crippen molar-refractivity contribution in [2.24, 2.45) is 0 Å². The maximum Gasteiger partial charge on any atom is 0.312 e. The predicted molar refractivity (Wildman–Crippen MR) is 69.3 cm³/mol. The Morgan fingerprint density at radius 2 is 2.25 bits per heavy atom. The highest BCUT2D eigenvalue weighted by Gasteiger charge is 2.20. The fraction of sp³-hybridized carbons (Fsp3) is 0.0833. The number of hydrogen-bond donors (Lipinski definition) is 0. The van der Waals surface area contributed by atoms with Crippen LogP contribution in [0.5, 0.6) is 5.75 Å². The number of halogens is 2. The van der Waals surface area contributed by atoms with Crippen LogP contribution in [0.4, 0.5) is 10.1 Å². The van der Waals surface area contributed by atoms with Crippen molar-refractivity contribution < 1.29 is 23.3 Å². The average Bonchev–Trinajstić information content (AvgIpc) is 2.93. The van der Waals surface area contributed by atoms with Crippen LogP contribution in [0.3, 0.4) is 0 Å². The van der Waals surface area contributed by atoms with Gasteiger partial charge < -0.3 is 9.15 Å². The van der Waals surface area contributed by atoms with Gasteiger partial charge in [0.25, 0.3) is 0 Å². The summed E-state index contributed by atoms with van der Waals surface area (Å²) >= 11 is 2.84. The third-order valence-electron chi connectivity index (χ3n) is 2.35. The molecule has 0 atom stereocenters. The molecule has 0 N–H and O–H groups in total. The van der Waals surface area contributed by atoms with Gasteiger partial charge in [-0.2, -0.15) is 0 Å². The Morgan fingerprint density at radius 3 is 2.85 bits per heavy atom. The molecule has 1 aromatic heterocycles. The molecule has 0 aliphatic heterocycles. The van der Waals surface area contributed by atoms with Gasteiger partial charge in [0.2, 0.25) is 11.5 Å². The fourth-order valence-electron chi connectivity index (χ4n) is 1.43. The van der Waals surface area contributed by atoms with Gasteiger partial charge in [0.15, 0.2) is 12.4 Å². The second-order valence-electron chi connectivity index (χ2n) is 3.68. The number of carbonyl (C=O) groups excluding carboxylic acids is 1. The first kappa shape index (κ1) is 14.2. The highest BCUT2D eigenvalue weighted by atomic mass is 79.9. The number of carbonyl (C=O) groups is 1. The smallest absolute Gasteiger partial charge is 0.312 e. The van der Waals surface area contributed by atoms with E-state index in [4.69, 9.17) is 9.15 Å². The van der Waals surface area contributed by atoms with Gasteiger partial charge in [-0.3, -0.25) is 14.9 Å². The molecule has 0 bridgehead atoms. The van der Waals surface area contributed by atoms with Crippen molar-refractivity contribution >= 4 is 27.4 Å². The minimum Gasteiger partial charge on any atom is -0.478 e. The van der Waals surface area contributed by atoms with E-state index in [1.54, 1.807) is 0 Å². The Morgan fingerprint density at radius 1 is 1.50 bits per heavy atom. The lowest BCUT2D eigenvalue weighted by atomic mass is 10.3. The van der Waals surface area contributed by atoms with Gasteiger partial charge in [-0.25, -0.2) is 4.39 Å². The molecule has 104 valence electrons. The molecule has 2 rings (SSSR count). The van der Waals surface area contributed by atoms with E-state index in [2.05, 4.69) is 15.9 Å². The molecule has 8 heteroatoms. The van der Waals surface area contributed by atoms with Gasteiger partial charge in [0.05, 0.1) is 15.7 Å². The fourth-order valence-corrected chi connectivity index (χ4v) is 1.76. The first-order chi connectivity index (χ1) is 9.49. The van der Waals surface area contributed by atoms with E-state index in [9.17, 15) is 19.3 Å². The quantitative estimate of drug-likeness (QED) is 0.472. The van der Waals surface area contributed by atoms with Crippen LogP contribution in [0.2, 0.25) is 0 Å². The zero-order valence-corrected chi connectivity index (χ0v) is 11.4. The summed E-state index contributed by atoms with van der Waals surface area (Å²) in [6.07, 6.45) is 1.31. The van der Waals surface area contributed by atoms with E-state index in [0.717, 1.165) is 12.1 Å². The van der Waals surface area contributed by atoms with Crippen LogP contribution < -0.4 is 4.74 Å². The second kappa shape index (κ2) is 5.83. The molecular formula is C12H7BrFNO5. The maximum atomic E-state index is 13.4. The molecule has 0 aliphatic rings. The molecule has 0 amide bonds. The van der Waals surface area contributed by atoms with Gasteiger partial charge in [-0.15, -0.1) is 0 Å². The second-order valence-corrected chi connectivity index (χ2v) is 4.53. The number of nitro benzene ring substituents is 1. The van der Waals surface area contributed by atoms with Crippen LogP contribution in [0.25, 0.3) is 0 Å². The minimum atomic E-state index is -0.726. The predicted octanol–water partition coefficient (Wildman–Crippen LogP) is 3.35. The van der Waals surface area contributed by atoms with Crippen LogP contribution in [-0.4, -0.2) is 17.3 Å². The van der Waals surface area contributed by atoms with Crippen LogP contribution in [0.1, 0.15) is 10.6 Å². The summed E-state index contributed by atoms with van der Waals surface area (Å²) in [6, 6.07) is 4.77. The number of hydrogen-bond acceptors (Lipinski definition) is 5. The number of Topliss-reactive ketones (excluding diaryl/α,β-unsaturated/α-hetero) is 1. The number of ketones is 1. The summed E-state index contributed by atoms with van der Waals surface area (Å²) in [6.45, 7) is -0.491. The van der Waals surface area contributed by atoms with Crippen LogP contribution in [-0.2, 0) is 0 Å². The Kier molecular flexibility index (Phi) is 4.14. The first-order valence-electron chi connectivity index (χ1n) is 5.32. The summed E-state index contributed by atoms with van der Waals surface area (Å²) in [4.78, 5) is 21.7. The van der Waals surface area contributed by atoms with Gasteiger partial charge in [0, 0.05) is 12.1 Å². The van der Waals surface area contributed by atoms with E-state index < -0.39 is 28.8 Å². The number of ether oxygens (including phenoxy) is 1. The monoisotopic (exact) mass is 343 g/mol. The molecule has 0 spiro atoms. The summed E-state index contributed by atoms with van der Waals surface area (Å²) in [5, 5.41) is 10.8. The zero-order valence-electron chi connectivity index (χ0n) is 9.84. The standard InChI is InChI=1S/C12H7BrFNO5/c13-7-4-9(15(17)18)12(5-8(7)14)20-6-10(16)11-2-1-3-19-11/h1-5H,6H2. The summed E-state index contributed by atoms with van der Waals surface area (Å²) in [5.74, 6) is -1.50. The molecular weight excluding hydrogens is 337 g/mol. The highest BCUT2D eigenvalue weighted by Crippen LogP contribution is 2.32. The SMILES string of the molecule is O=C(COc1cc(F)c(Br)cc1[N+](=O)[O-])c1ccco1. The van der Waals surface area contributed by atoms with Crippen molar-refractivity contribution in [2.75, 3.05) is 6.61 Å². The number of nitrogens with zero attached hydrogens (tertiary/aromatic N) is 1. The Hall–Kier alpha value is -2.22. The third-order valence-corrected chi connectivity index (χ3v) is 2.96. The summed E-state index contributed by atoms with van der Waals surface area (Å²) in [5.41, 5.74) is -0.439. The Balaban J connectivity index is 2.19. The Labute approximate surface area is 120 Å². The molecule has 0 saturated carbocycles. The largest absolute Gasteiger partial charge is 0.478 e. The maximum absolute atomic E-state index is 13.4. The van der Waals surface area contributed by atoms with E-state index in [1.807, 2.05) is 0 Å². The lowest BCUT2D eigenvalue weighted by Gasteiger charge is -2.06. The molecule has 0 aliphatic carbocycles. The number of benzene rings is 1. The van der Waals surface area contributed by atoms with Crippen molar-refractivity contribution in [3.05, 3.63) is 56.7 Å². The molecule has 6 nitrogen and oxygen atoms in total. The normalized spacial score (nSPS) is 10.3. The van der Waals surface area contributed by atoms with E-state index in [1.165, 1.54) is 18.4 Å². The first-order valence-corrected chi connectivity index (χ1v) is 6.11. The number of nitro groups is 1. The van der Waals surface area contributed by atoms with Crippen LogP contribution in [0.15, 0.2) is 39.4 Å². The minimum absolute atomic E-state index is 0.0604. The molecule has 0 fully saturated rings. The summed E-state index contributed by atoms with van der Waals surface area (Å²) < 4.78 is 23.2. The van der Waals surface area contributed by atoms with Crippen molar-refractivity contribution in [3.63, 3.8) is 0 Å². The molecule has 20 heavy (non-hydrogen) atoms. The van der Waals surface area contributed by atoms with Crippen LogP contribution >= 0.6 is 15.9 Å². The molecule has 0 unspecified atom stereocenters. The summed E-state index contributed by atoms with van der Waals surface area (Å²) in [7, 11) is 0. The molecule has 1 aromatic carbocycles. The lowest BCUT2D eigenvalue weighted by molar-refractivity contribution is -0.385. The van der Waals surface area contributed by atoms with Gasteiger partial charge in [0.1, 0.15) is 5.82 Å². The molecule has 0 saturated heterocycles. The van der Waals surface area contributed by atoms with Gasteiger partial charge in [-0.05, 0) is 28.1 Å². The Bertz CT molecular complexity index is 656. The lowest BCUT2D eigenvalue weighted by Crippen LogP contribution is -2.11. The third kappa shape index (κ3) is 3.02. The number of rotatable bonds is 5.